The third kappa shape index (κ3) is 7.35. The molecule has 6 aromatic carbocycles. The molecule has 0 unspecified atom stereocenters. The average molecular weight is 635 g/mol. The van der Waals surface area contributed by atoms with Crippen molar-refractivity contribution in [2.24, 2.45) is 0 Å². The molecule has 6 rings (SSSR count). The molecule has 2 atom stereocenters. The normalized spacial score (nSPS) is 12.6. The van der Waals surface area contributed by atoms with E-state index in [2.05, 4.69) is 175 Å². The van der Waals surface area contributed by atoms with Crippen molar-refractivity contribution >= 4 is 21.6 Å². The van der Waals surface area contributed by atoms with Gasteiger partial charge < -0.3 is 0 Å². The number of hydrogen-bond acceptors (Lipinski definition) is 2. The summed E-state index contributed by atoms with van der Waals surface area (Å²) in [7, 11) is 3.93. The van der Waals surface area contributed by atoms with Crippen molar-refractivity contribution < 1.29 is 0 Å². The predicted octanol–water partition coefficient (Wildman–Crippen LogP) is 13.8. The maximum absolute atomic E-state index is 2.41. The fraction of sp³-hybridized carbons (Fsp3) is 0.182. The first kappa shape index (κ1) is 32.0. The third-order valence-corrected chi connectivity index (χ3v) is 12.1. The molecule has 0 saturated carbocycles. The van der Waals surface area contributed by atoms with Crippen LogP contribution in [0.1, 0.15) is 57.7 Å². The van der Waals surface area contributed by atoms with Crippen LogP contribution >= 0.6 is 21.6 Å². The second-order valence-corrected chi connectivity index (χ2v) is 15.5. The Balaban J connectivity index is 1.26. The van der Waals surface area contributed by atoms with Gasteiger partial charge in [-0.3, -0.25) is 0 Å². The number of hydrogen-bond donors (Lipinski definition) is 0. The van der Waals surface area contributed by atoms with Gasteiger partial charge in [-0.1, -0.05) is 165 Å². The smallest absolute Gasteiger partial charge is 0.0373 e. The van der Waals surface area contributed by atoms with Crippen LogP contribution in [0.5, 0.6) is 0 Å². The fourth-order valence-corrected chi connectivity index (χ4v) is 8.34. The summed E-state index contributed by atoms with van der Waals surface area (Å²) in [5.74, 6) is 0. The van der Waals surface area contributed by atoms with Crippen molar-refractivity contribution in [1.82, 2.24) is 0 Å². The summed E-state index contributed by atoms with van der Waals surface area (Å²) in [6.07, 6.45) is 0. The van der Waals surface area contributed by atoms with Crippen molar-refractivity contribution in [2.45, 2.75) is 52.0 Å². The second-order valence-electron chi connectivity index (χ2n) is 12.6. The Morgan fingerprint density at radius 3 is 0.870 bits per heavy atom. The quantitative estimate of drug-likeness (QED) is 0.145. The van der Waals surface area contributed by atoms with E-state index >= 15 is 0 Å². The van der Waals surface area contributed by atoms with E-state index in [1.807, 2.05) is 21.6 Å². The summed E-state index contributed by atoms with van der Waals surface area (Å²) in [6.45, 7) is 13.3. The van der Waals surface area contributed by atoms with Gasteiger partial charge in [0.15, 0.2) is 0 Å². The molecule has 0 amide bonds. The minimum absolute atomic E-state index is 0.340. The zero-order valence-electron chi connectivity index (χ0n) is 27.7. The minimum Gasteiger partial charge on any atom is -0.0856 e. The number of benzene rings is 6. The molecule has 0 spiro atoms. The summed E-state index contributed by atoms with van der Waals surface area (Å²) in [5, 5.41) is 0.680. The van der Waals surface area contributed by atoms with Gasteiger partial charge in [-0.15, -0.1) is 0 Å². The van der Waals surface area contributed by atoms with Crippen LogP contribution in [0, 0.1) is 27.7 Å². The van der Waals surface area contributed by atoms with Crippen LogP contribution in [0.25, 0.3) is 44.5 Å². The van der Waals surface area contributed by atoms with E-state index in [4.69, 9.17) is 0 Å². The first-order valence-electron chi connectivity index (χ1n) is 16.1. The van der Waals surface area contributed by atoms with E-state index in [1.54, 1.807) is 0 Å². The molecular formula is C44H42S2. The highest BCUT2D eigenvalue weighted by molar-refractivity contribution is 8.76. The van der Waals surface area contributed by atoms with Crippen molar-refractivity contribution in [3.8, 4) is 44.5 Å². The Hall–Kier alpha value is -3.98. The Morgan fingerprint density at radius 1 is 0.326 bits per heavy atom. The van der Waals surface area contributed by atoms with Gasteiger partial charge in [-0.05, 0) is 109 Å². The van der Waals surface area contributed by atoms with E-state index < -0.39 is 0 Å². The first-order chi connectivity index (χ1) is 22.2. The molecule has 0 aromatic heterocycles. The topological polar surface area (TPSA) is 0 Å². The molecule has 0 bridgehead atoms. The summed E-state index contributed by atoms with van der Waals surface area (Å²) in [6, 6.07) is 49.8. The second kappa shape index (κ2) is 14.2. The first-order valence-corrected chi connectivity index (χ1v) is 18.4. The zero-order chi connectivity index (χ0) is 32.2. The monoisotopic (exact) mass is 634 g/mol. The van der Waals surface area contributed by atoms with Crippen molar-refractivity contribution in [3.05, 3.63) is 167 Å². The number of rotatable bonds is 9. The molecule has 0 heterocycles. The van der Waals surface area contributed by atoms with Gasteiger partial charge in [0, 0.05) is 10.5 Å². The lowest BCUT2D eigenvalue weighted by Gasteiger charge is -2.20. The Labute approximate surface area is 283 Å². The van der Waals surface area contributed by atoms with Crippen LogP contribution in [0.4, 0.5) is 0 Å². The maximum atomic E-state index is 2.41. The lowest BCUT2D eigenvalue weighted by atomic mass is 9.91. The van der Waals surface area contributed by atoms with Crippen molar-refractivity contribution in [1.29, 1.82) is 0 Å². The van der Waals surface area contributed by atoms with Gasteiger partial charge >= 0.3 is 0 Å². The van der Waals surface area contributed by atoms with Gasteiger partial charge in [0.25, 0.3) is 0 Å². The number of aryl methyl sites for hydroxylation is 4. The maximum Gasteiger partial charge on any atom is 0.0373 e. The molecular weight excluding hydrogens is 593 g/mol. The Bertz CT molecular complexity index is 1770. The van der Waals surface area contributed by atoms with Gasteiger partial charge in [0.05, 0.1) is 0 Å². The van der Waals surface area contributed by atoms with Crippen LogP contribution in [-0.2, 0) is 0 Å². The highest BCUT2D eigenvalue weighted by Crippen LogP contribution is 2.48. The zero-order valence-corrected chi connectivity index (χ0v) is 29.3. The standard InChI is InChI=1S/C44H42S2/c1-29-7-15-35(16-8-29)41-25-23-39(27-43(41)37-19-11-31(3)12-20-37)33(5)45-46-34(6)40-24-26-42(36-17-9-30(2)10-18-36)44(28-40)38-21-13-32(4)14-22-38/h7-28,33-34H,1-6H3/t33-,34-/m1/s1. The van der Waals surface area contributed by atoms with Gasteiger partial charge in [0.2, 0.25) is 0 Å². The molecule has 0 aliphatic rings. The summed E-state index contributed by atoms with van der Waals surface area (Å²) >= 11 is 0. The minimum atomic E-state index is 0.340. The van der Waals surface area contributed by atoms with Gasteiger partial charge in [-0.2, -0.15) is 0 Å². The van der Waals surface area contributed by atoms with Crippen molar-refractivity contribution in [2.75, 3.05) is 0 Å². The summed E-state index contributed by atoms with van der Waals surface area (Å²) < 4.78 is 0. The van der Waals surface area contributed by atoms with E-state index in [-0.39, 0.29) is 0 Å². The van der Waals surface area contributed by atoms with E-state index in [0.717, 1.165) is 0 Å². The summed E-state index contributed by atoms with van der Waals surface area (Å²) in [5.41, 5.74) is 18.0. The highest BCUT2D eigenvalue weighted by Gasteiger charge is 2.17. The molecule has 46 heavy (non-hydrogen) atoms. The molecule has 2 heteroatoms. The van der Waals surface area contributed by atoms with Crippen LogP contribution in [0.2, 0.25) is 0 Å². The van der Waals surface area contributed by atoms with E-state index in [9.17, 15) is 0 Å². The molecule has 0 saturated heterocycles. The van der Waals surface area contributed by atoms with Gasteiger partial charge in [-0.25, -0.2) is 0 Å². The van der Waals surface area contributed by atoms with E-state index in [1.165, 1.54) is 77.9 Å². The highest BCUT2D eigenvalue weighted by atomic mass is 33.1. The Morgan fingerprint density at radius 2 is 0.587 bits per heavy atom. The SMILES string of the molecule is Cc1ccc(-c2ccc([C@@H](C)SS[C@H](C)c3ccc(-c4ccc(C)cc4)c(-c4ccc(C)cc4)c3)cc2-c2ccc(C)cc2)cc1. The van der Waals surface area contributed by atoms with E-state index in [0.29, 0.717) is 10.5 Å². The lowest BCUT2D eigenvalue weighted by molar-refractivity contribution is 1.10. The molecule has 0 aliphatic carbocycles. The fourth-order valence-electron chi connectivity index (χ4n) is 5.82. The summed E-state index contributed by atoms with van der Waals surface area (Å²) in [4.78, 5) is 0. The lowest BCUT2D eigenvalue weighted by Crippen LogP contribution is -1.94. The van der Waals surface area contributed by atoms with Crippen LogP contribution in [-0.4, -0.2) is 0 Å². The Kier molecular flexibility index (Phi) is 9.87. The predicted molar refractivity (Wildman–Crippen MR) is 206 cm³/mol. The molecule has 6 aromatic rings. The van der Waals surface area contributed by atoms with Crippen LogP contribution < -0.4 is 0 Å². The third-order valence-electron chi connectivity index (χ3n) is 8.82. The van der Waals surface area contributed by atoms with Crippen molar-refractivity contribution in [3.63, 3.8) is 0 Å². The molecule has 0 aliphatic heterocycles. The average Bonchev–Trinajstić information content (AvgIpc) is 3.08. The largest absolute Gasteiger partial charge is 0.0856 e. The molecule has 230 valence electrons. The van der Waals surface area contributed by atoms with Crippen LogP contribution in [0.15, 0.2) is 133 Å². The molecule has 0 radical (unpaired) electrons. The van der Waals surface area contributed by atoms with Crippen LogP contribution in [0.3, 0.4) is 0 Å². The molecule has 0 N–H and O–H groups in total. The molecule has 0 fully saturated rings. The van der Waals surface area contributed by atoms with Gasteiger partial charge in [0.1, 0.15) is 0 Å². The molecule has 0 nitrogen and oxygen atoms in total.